The molecule has 0 amide bonds. The van der Waals surface area contributed by atoms with Gasteiger partial charge in [-0.2, -0.15) is 13.2 Å². The zero-order valence-electron chi connectivity index (χ0n) is 16.8. The normalized spacial score (nSPS) is 22.5. The van der Waals surface area contributed by atoms with Crippen LogP contribution in [0.25, 0.3) is 16.5 Å². The molecule has 0 bridgehead atoms. The van der Waals surface area contributed by atoms with Gasteiger partial charge in [0.1, 0.15) is 0 Å². The van der Waals surface area contributed by atoms with Crippen molar-refractivity contribution in [2.75, 3.05) is 5.32 Å². The fraction of sp³-hybridized carbons (Fsp3) is 0.261. The molecule has 2 unspecified atom stereocenters. The molecular weight excluding hydrogens is 412 g/mol. The van der Waals surface area contributed by atoms with E-state index in [9.17, 15) is 27.8 Å². The predicted molar refractivity (Wildman–Crippen MR) is 110 cm³/mol. The molecule has 0 aliphatic heterocycles. The third kappa shape index (κ3) is 3.31. The largest absolute Gasteiger partial charge is 0.504 e. The van der Waals surface area contributed by atoms with E-state index in [0.29, 0.717) is 16.6 Å². The highest BCUT2D eigenvalue weighted by atomic mass is 19.4. The van der Waals surface area contributed by atoms with Crippen LogP contribution < -0.4 is 5.32 Å². The number of aromatic hydroxyl groups is 1. The van der Waals surface area contributed by atoms with Gasteiger partial charge in [0.15, 0.2) is 17.2 Å². The number of allylic oxidation sites excluding steroid dienone is 1. The second-order valence-electron chi connectivity index (χ2n) is 7.68. The minimum Gasteiger partial charge on any atom is -0.504 e. The smallest absolute Gasteiger partial charge is 0.419 e. The first-order valence-corrected chi connectivity index (χ1v) is 9.65. The summed E-state index contributed by atoms with van der Waals surface area (Å²) in [6.45, 7) is 3.28. The first-order chi connectivity index (χ1) is 14.6. The van der Waals surface area contributed by atoms with Gasteiger partial charge in [0.05, 0.1) is 11.6 Å². The number of pyridine rings is 1. The molecule has 0 saturated heterocycles. The summed E-state index contributed by atoms with van der Waals surface area (Å²) < 4.78 is 56.5. The standard InChI is InChI=1S/C23H20F4N2O2/c1-3-13-11-22(31,23(25,26)27)21(15-9-10-16(24)20(30)19(13)15)29-18-6-4-5-17-14(18)8-7-12(2)28-17/h3-10,21,29-31H,11H2,1-2H3/b13-3-. The lowest BCUT2D eigenvalue weighted by Gasteiger charge is -2.44. The fourth-order valence-electron chi connectivity index (χ4n) is 4.14. The van der Waals surface area contributed by atoms with Gasteiger partial charge in [-0.1, -0.05) is 18.2 Å². The minimum absolute atomic E-state index is 0.0140. The topological polar surface area (TPSA) is 65.4 Å². The number of hydrogen-bond donors (Lipinski definition) is 3. The molecule has 3 N–H and O–H groups in total. The van der Waals surface area contributed by atoms with Crippen LogP contribution in [0.1, 0.15) is 36.2 Å². The molecule has 0 saturated carbocycles. The number of nitrogens with zero attached hydrogens (tertiary/aromatic N) is 1. The Hall–Kier alpha value is -3.13. The van der Waals surface area contributed by atoms with E-state index in [4.69, 9.17) is 0 Å². The molecule has 0 radical (unpaired) electrons. The quantitative estimate of drug-likeness (QED) is 0.459. The van der Waals surface area contributed by atoms with Crippen LogP contribution >= 0.6 is 0 Å². The van der Waals surface area contributed by atoms with E-state index in [2.05, 4.69) is 10.3 Å². The number of alkyl halides is 3. The molecule has 162 valence electrons. The SMILES string of the molecule is C/C=C1/CC(O)(C(F)(F)F)C(Nc2cccc3nc(C)ccc23)c2ccc(F)c(O)c21. The van der Waals surface area contributed by atoms with E-state index < -0.39 is 35.8 Å². The van der Waals surface area contributed by atoms with Crippen molar-refractivity contribution in [3.05, 3.63) is 71.2 Å². The van der Waals surface area contributed by atoms with Crippen molar-refractivity contribution < 1.29 is 27.8 Å². The van der Waals surface area contributed by atoms with Crippen LogP contribution in [0.4, 0.5) is 23.2 Å². The minimum atomic E-state index is -5.00. The second kappa shape index (κ2) is 7.23. The average Bonchev–Trinajstić information content (AvgIpc) is 2.71. The lowest BCUT2D eigenvalue weighted by atomic mass is 9.72. The number of phenols is 1. The number of aryl methyl sites for hydroxylation is 1. The van der Waals surface area contributed by atoms with Crippen LogP contribution in [0.2, 0.25) is 0 Å². The van der Waals surface area contributed by atoms with E-state index in [1.54, 1.807) is 37.3 Å². The van der Waals surface area contributed by atoms with Crippen LogP contribution in [-0.2, 0) is 0 Å². The lowest BCUT2D eigenvalue weighted by molar-refractivity contribution is -0.265. The van der Waals surface area contributed by atoms with Crippen molar-refractivity contribution in [1.82, 2.24) is 4.98 Å². The van der Waals surface area contributed by atoms with Crippen molar-refractivity contribution in [3.8, 4) is 5.75 Å². The van der Waals surface area contributed by atoms with Gasteiger partial charge in [-0.25, -0.2) is 4.39 Å². The van der Waals surface area contributed by atoms with Crippen LogP contribution in [-0.4, -0.2) is 27.0 Å². The molecule has 4 rings (SSSR count). The molecule has 4 nitrogen and oxygen atoms in total. The summed E-state index contributed by atoms with van der Waals surface area (Å²) in [6, 6.07) is 8.80. The number of rotatable bonds is 2. The molecular formula is C23H20F4N2O2. The first-order valence-electron chi connectivity index (χ1n) is 9.65. The van der Waals surface area contributed by atoms with Crippen molar-refractivity contribution >= 4 is 22.2 Å². The van der Waals surface area contributed by atoms with E-state index in [1.165, 1.54) is 13.0 Å². The van der Waals surface area contributed by atoms with Crippen molar-refractivity contribution in [2.24, 2.45) is 0 Å². The summed E-state index contributed by atoms with van der Waals surface area (Å²) in [7, 11) is 0. The highest BCUT2D eigenvalue weighted by Gasteiger charge is 2.61. The molecule has 1 aromatic heterocycles. The Balaban J connectivity index is 1.95. The number of aromatic nitrogens is 1. The van der Waals surface area contributed by atoms with Crippen LogP contribution in [0.15, 0.2) is 48.5 Å². The van der Waals surface area contributed by atoms with E-state index in [1.807, 2.05) is 0 Å². The molecule has 1 aliphatic rings. The number of anilines is 1. The van der Waals surface area contributed by atoms with Crippen molar-refractivity contribution in [2.45, 2.75) is 38.1 Å². The van der Waals surface area contributed by atoms with Gasteiger partial charge in [-0.05, 0) is 55.3 Å². The predicted octanol–water partition coefficient (Wildman–Crippen LogP) is 5.64. The van der Waals surface area contributed by atoms with Gasteiger partial charge in [0.25, 0.3) is 0 Å². The monoisotopic (exact) mass is 432 g/mol. The molecule has 2 aromatic carbocycles. The van der Waals surface area contributed by atoms with Crippen LogP contribution in [0.3, 0.4) is 0 Å². The number of nitrogens with one attached hydrogen (secondary N) is 1. The highest BCUT2D eigenvalue weighted by Crippen LogP contribution is 2.54. The fourth-order valence-corrected chi connectivity index (χ4v) is 4.14. The average molecular weight is 432 g/mol. The first kappa shape index (κ1) is 21.1. The van der Waals surface area contributed by atoms with E-state index >= 15 is 0 Å². The maximum Gasteiger partial charge on any atom is 0.419 e. The molecule has 3 aromatic rings. The molecule has 0 fully saturated rings. The Morgan fingerprint density at radius 1 is 1.16 bits per heavy atom. The number of fused-ring (bicyclic) bond motifs is 2. The highest BCUT2D eigenvalue weighted by molar-refractivity contribution is 5.92. The Labute approximate surface area is 175 Å². The van der Waals surface area contributed by atoms with E-state index in [-0.39, 0.29) is 16.7 Å². The second-order valence-corrected chi connectivity index (χ2v) is 7.68. The summed E-state index contributed by atoms with van der Waals surface area (Å²) in [4.78, 5) is 4.39. The maximum absolute atomic E-state index is 14.2. The number of hydrogen-bond acceptors (Lipinski definition) is 4. The lowest BCUT2D eigenvalue weighted by Crippen LogP contribution is -2.54. The van der Waals surface area contributed by atoms with E-state index in [0.717, 1.165) is 17.8 Å². The number of halogens is 4. The molecule has 31 heavy (non-hydrogen) atoms. The Kier molecular flexibility index (Phi) is 4.93. The third-order valence-corrected chi connectivity index (χ3v) is 5.74. The molecule has 8 heteroatoms. The summed E-state index contributed by atoms with van der Waals surface area (Å²) in [6.07, 6.45) is -4.49. The van der Waals surface area contributed by atoms with Crippen molar-refractivity contribution in [1.29, 1.82) is 0 Å². The zero-order chi connectivity index (χ0) is 22.6. The number of benzene rings is 2. The van der Waals surface area contributed by atoms with Crippen molar-refractivity contribution in [3.63, 3.8) is 0 Å². The molecule has 1 heterocycles. The Morgan fingerprint density at radius 2 is 1.90 bits per heavy atom. The van der Waals surface area contributed by atoms with Gasteiger partial charge in [0, 0.05) is 28.8 Å². The summed E-state index contributed by atoms with van der Waals surface area (Å²) in [5.41, 5.74) is -1.60. The molecule has 1 aliphatic carbocycles. The van der Waals surface area contributed by atoms with Crippen LogP contribution in [0, 0.1) is 12.7 Å². The summed E-state index contributed by atoms with van der Waals surface area (Å²) in [5.74, 6) is -1.68. The number of aliphatic hydroxyl groups is 1. The maximum atomic E-state index is 14.2. The summed E-state index contributed by atoms with van der Waals surface area (Å²) in [5, 5.41) is 24.6. The third-order valence-electron chi connectivity index (χ3n) is 5.74. The zero-order valence-corrected chi connectivity index (χ0v) is 16.8. The van der Waals surface area contributed by atoms with Crippen LogP contribution in [0.5, 0.6) is 5.75 Å². The Morgan fingerprint density at radius 3 is 2.58 bits per heavy atom. The number of phenolic OH excluding ortho intramolecular Hbond substituents is 1. The van der Waals surface area contributed by atoms with Gasteiger partial charge in [0.2, 0.25) is 0 Å². The Bertz CT molecular complexity index is 1210. The van der Waals surface area contributed by atoms with Gasteiger partial charge in [-0.3, -0.25) is 4.98 Å². The van der Waals surface area contributed by atoms with Gasteiger partial charge >= 0.3 is 6.18 Å². The van der Waals surface area contributed by atoms with Gasteiger partial charge < -0.3 is 15.5 Å². The molecule has 2 atom stereocenters. The summed E-state index contributed by atoms with van der Waals surface area (Å²) >= 11 is 0. The molecule has 0 spiro atoms. The van der Waals surface area contributed by atoms with Gasteiger partial charge in [-0.15, -0.1) is 0 Å².